The molecule has 0 unspecified atom stereocenters. The minimum Gasteiger partial charge on any atom is -0.438 e. The molecule has 0 radical (unpaired) electrons. The molecular formula is C15H22N2O5. The lowest BCUT2D eigenvalue weighted by Crippen LogP contribution is -2.35. The molecule has 1 amide bonds. The van der Waals surface area contributed by atoms with Crippen LogP contribution in [0.3, 0.4) is 0 Å². The van der Waals surface area contributed by atoms with Gasteiger partial charge in [-0.25, -0.2) is 9.59 Å². The number of methoxy groups -OCH3 is 1. The quantitative estimate of drug-likeness (QED) is 0.748. The van der Waals surface area contributed by atoms with Crippen molar-refractivity contribution in [3.05, 3.63) is 29.8 Å². The second-order valence-electron chi connectivity index (χ2n) is 4.98. The van der Waals surface area contributed by atoms with E-state index in [1.807, 2.05) is 19.0 Å². The van der Waals surface area contributed by atoms with Crippen molar-refractivity contribution in [3.63, 3.8) is 0 Å². The number of likely N-dealkylation sites (N-methyl/N-ethyl adjacent to an activating group) is 2. The van der Waals surface area contributed by atoms with Crippen molar-refractivity contribution in [2.75, 3.05) is 41.3 Å². The van der Waals surface area contributed by atoms with E-state index in [0.717, 1.165) is 12.1 Å². The van der Waals surface area contributed by atoms with Crippen molar-refractivity contribution in [2.45, 2.75) is 6.61 Å². The van der Waals surface area contributed by atoms with Crippen LogP contribution in [0.1, 0.15) is 5.56 Å². The molecule has 0 saturated carbocycles. The first-order valence-electron chi connectivity index (χ1n) is 6.79. The highest BCUT2D eigenvalue weighted by Gasteiger charge is 2.11. The number of rotatable bonds is 6. The van der Waals surface area contributed by atoms with Crippen molar-refractivity contribution in [2.24, 2.45) is 0 Å². The highest BCUT2D eigenvalue weighted by Crippen LogP contribution is 2.14. The van der Waals surface area contributed by atoms with E-state index in [4.69, 9.17) is 9.47 Å². The molecule has 0 N–H and O–H groups in total. The molecule has 0 spiro atoms. The van der Waals surface area contributed by atoms with Gasteiger partial charge in [-0.2, -0.15) is 0 Å². The highest BCUT2D eigenvalue weighted by atomic mass is 16.7. The summed E-state index contributed by atoms with van der Waals surface area (Å²) >= 11 is 0. The van der Waals surface area contributed by atoms with Crippen molar-refractivity contribution in [1.82, 2.24) is 9.80 Å². The van der Waals surface area contributed by atoms with Crippen LogP contribution in [-0.4, -0.2) is 63.4 Å². The van der Waals surface area contributed by atoms with Gasteiger partial charge in [0.25, 0.3) is 0 Å². The van der Waals surface area contributed by atoms with Crippen LogP contribution in [0.25, 0.3) is 0 Å². The van der Waals surface area contributed by atoms with Crippen LogP contribution in [0.5, 0.6) is 5.75 Å². The smallest absolute Gasteiger partial charge is 0.438 e. The molecule has 0 aliphatic rings. The van der Waals surface area contributed by atoms with Gasteiger partial charge in [-0.05, 0) is 31.8 Å². The molecule has 0 aromatic heterocycles. The lowest BCUT2D eigenvalue weighted by atomic mass is 10.2. The molecule has 0 saturated heterocycles. The predicted molar refractivity (Wildman–Crippen MR) is 80.8 cm³/mol. The van der Waals surface area contributed by atoms with Crippen LogP contribution in [0.4, 0.5) is 9.59 Å². The van der Waals surface area contributed by atoms with Gasteiger partial charge in [0.05, 0.1) is 7.11 Å². The largest absolute Gasteiger partial charge is 0.508 e. The SMILES string of the molecule is COC(=O)OCc1ccc(OC(=O)N(C)CCN(C)C)cc1. The fourth-order valence-electron chi connectivity index (χ4n) is 1.47. The third-order valence-electron chi connectivity index (χ3n) is 2.85. The van der Waals surface area contributed by atoms with Gasteiger partial charge in [0, 0.05) is 20.1 Å². The zero-order valence-corrected chi connectivity index (χ0v) is 13.4. The fraction of sp³-hybridized carbons (Fsp3) is 0.467. The highest BCUT2D eigenvalue weighted by molar-refractivity contribution is 5.70. The van der Waals surface area contributed by atoms with Gasteiger partial charge in [0.1, 0.15) is 12.4 Å². The van der Waals surface area contributed by atoms with E-state index in [0.29, 0.717) is 12.3 Å². The number of hydrogen-bond donors (Lipinski definition) is 0. The third-order valence-corrected chi connectivity index (χ3v) is 2.85. The van der Waals surface area contributed by atoms with E-state index in [-0.39, 0.29) is 6.61 Å². The monoisotopic (exact) mass is 310 g/mol. The van der Waals surface area contributed by atoms with E-state index in [9.17, 15) is 9.59 Å². The van der Waals surface area contributed by atoms with Crippen LogP contribution in [0.15, 0.2) is 24.3 Å². The first-order valence-corrected chi connectivity index (χ1v) is 6.79. The molecule has 0 heterocycles. The molecule has 1 rings (SSSR count). The normalized spacial score (nSPS) is 10.2. The number of hydrogen-bond acceptors (Lipinski definition) is 6. The minimum absolute atomic E-state index is 0.101. The Morgan fingerprint density at radius 3 is 2.23 bits per heavy atom. The number of benzene rings is 1. The van der Waals surface area contributed by atoms with Crippen LogP contribution in [0, 0.1) is 0 Å². The van der Waals surface area contributed by atoms with Crippen molar-refractivity contribution in [1.29, 1.82) is 0 Å². The van der Waals surface area contributed by atoms with Gasteiger partial charge < -0.3 is 24.0 Å². The van der Waals surface area contributed by atoms with E-state index in [1.165, 1.54) is 12.0 Å². The topological polar surface area (TPSA) is 68.3 Å². The predicted octanol–water partition coefficient (Wildman–Crippen LogP) is 1.96. The molecule has 22 heavy (non-hydrogen) atoms. The number of carbonyl (C=O) groups excluding carboxylic acids is 2. The molecule has 0 atom stereocenters. The first kappa shape index (κ1) is 17.8. The third kappa shape index (κ3) is 6.45. The molecule has 0 aliphatic heterocycles. The van der Waals surface area contributed by atoms with Gasteiger partial charge in [0.2, 0.25) is 0 Å². The Kier molecular flexibility index (Phi) is 7.18. The lowest BCUT2D eigenvalue weighted by molar-refractivity contribution is 0.0669. The summed E-state index contributed by atoms with van der Waals surface area (Å²) in [7, 11) is 6.81. The number of amides is 1. The Morgan fingerprint density at radius 2 is 1.68 bits per heavy atom. The van der Waals surface area contributed by atoms with Crippen molar-refractivity contribution >= 4 is 12.2 Å². The van der Waals surface area contributed by atoms with Gasteiger partial charge in [-0.1, -0.05) is 12.1 Å². The number of nitrogens with zero attached hydrogens (tertiary/aromatic N) is 2. The summed E-state index contributed by atoms with van der Waals surface area (Å²) in [5.74, 6) is 0.434. The van der Waals surface area contributed by atoms with Gasteiger partial charge >= 0.3 is 12.2 Å². The van der Waals surface area contributed by atoms with E-state index < -0.39 is 12.2 Å². The molecule has 0 fully saturated rings. The molecule has 0 aliphatic carbocycles. The Bertz CT molecular complexity index is 487. The van der Waals surface area contributed by atoms with E-state index in [1.54, 1.807) is 31.3 Å². The lowest BCUT2D eigenvalue weighted by Gasteiger charge is -2.19. The van der Waals surface area contributed by atoms with Crippen LogP contribution < -0.4 is 4.74 Å². The molecule has 7 nitrogen and oxygen atoms in total. The summed E-state index contributed by atoms with van der Waals surface area (Å²) in [6.07, 6.45) is -1.15. The maximum Gasteiger partial charge on any atom is 0.508 e. The van der Waals surface area contributed by atoms with E-state index in [2.05, 4.69) is 4.74 Å². The van der Waals surface area contributed by atoms with E-state index >= 15 is 0 Å². The Labute approximate surface area is 130 Å². The summed E-state index contributed by atoms with van der Waals surface area (Å²) in [4.78, 5) is 26.2. The van der Waals surface area contributed by atoms with Gasteiger partial charge in [-0.3, -0.25) is 0 Å². The second kappa shape index (κ2) is 8.89. The average molecular weight is 310 g/mol. The second-order valence-corrected chi connectivity index (χ2v) is 4.98. The fourth-order valence-corrected chi connectivity index (χ4v) is 1.47. The molecular weight excluding hydrogens is 288 g/mol. The maximum absolute atomic E-state index is 11.9. The summed E-state index contributed by atoms with van der Waals surface area (Å²) in [6, 6.07) is 6.72. The molecule has 0 bridgehead atoms. The number of carbonyl (C=O) groups is 2. The summed E-state index contributed by atoms with van der Waals surface area (Å²) in [5, 5.41) is 0. The molecule has 1 aromatic carbocycles. The van der Waals surface area contributed by atoms with Crippen LogP contribution in [0.2, 0.25) is 0 Å². The molecule has 122 valence electrons. The summed E-state index contributed by atoms with van der Waals surface area (Å²) in [6.45, 7) is 1.44. The zero-order chi connectivity index (χ0) is 16.5. The van der Waals surface area contributed by atoms with Crippen molar-refractivity contribution in [3.8, 4) is 5.75 Å². The Balaban J connectivity index is 2.46. The van der Waals surface area contributed by atoms with Crippen LogP contribution in [-0.2, 0) is 16.1 Å². The molecule has 1 aromatic rings. The first-order chi connectivity index (χ1) is 10.4. The maximum atomic E-state index is 11.9. The van der Waals surface area contributed by atoms with Crippen LogP contribution >= 0.6 is 0 Å². The minimum atomic E-state index is -0.738. The van der Waals surface area contributed by atoms with Crippen molar-refractivity contribution < 1.29 is 23.8 Å². The summed E-state index contributed by atoms with van der Waals surface area (Å²) < 4.78 is 14.4. The summed E-state index contributed by atoms with van der Waals surface area (Å²) in [5.41, 5.74) is 0.770. The Hall–Kier alpha value is -2.28. The average Bonchev–Trinajstić information content (AvgIpc) is 2.51. The Morgan fingerprint density at radius 1 is 1.05 bits per heavy atom. The van der Waals surface area contributed by atoms with Gasteiger partial charge in [0.15, 0.2) is 0 Å². The molecule has 7 heteroatoms. The van der Waals surface area contributed by atoms with Gasteiger partial charge in [-0.15, -0.1) is 0 Å². The standard InChI is InChI=1S/C15H22N2O5/c1-16(2)9-10-17(3)14(18)22-13-7-5-12(6-8-13)11-21-15(19)20-4/h5-8H,9-11H2,1-4H3. The number of ether oxygens (including phenoxy) is 3. The zero-order valence-electron chi connectivity index (χ0n) is 13.4.